The van der Waals surface area contributed by atoms with Gasteiger partial charge in [-0.2, -0.15) is 0 Å². The van der Waals surface area contributed by atoms with Crippen LogP contribution in [-0.4, -0.2) is 73.0 Å². The molecule has 2 aliphatic heterocycles. The molecular formula is C14H28N2O2. The molecule has 2 saturated heterocycles. The van der Waals surface area contributed by atoms with E-state index in [0.717, 1.165) is 45.8 Å². The topological polar surface area (TPSA) is 35.9 Å². The maximum Gasteiger partial charge on any atom is 0.0702 e. The van der Waals surface area contributed by atoms with E-state index in [2.05, 4.69) is 16.7 Å². The molecule has 0 radical (unpaired) electrons. The Labute approximate surface area is 111 Å². The summed E-state index contributed by atoms with van der Waals surface area (Å²) in [6, 6.07) is 0.359. The normalized spacial score (nSPS) is 29.3. The number of nitrogens with zero attached hydrogens (tertiary/aromatic N) is 2. The van der Waals surface area contributed by atoms with E-state index >= 15 is 0 Å². The lowest BCUT2D eigenvalue weighted by Gasteiger charge is -2.40. The van der Waals surface area contributed by atoms with Crippen molar-refractivity contribution < 1.29 is 9.84 Å². The zero-order chi connectivity index (χ0) is 12.8. The van der Waals surface area contributed by atoms with Crippen LogP contribution >= 0.6 is 0 Å². The fraction of sp³-hybridized carbons (Fsp3) is 1.00. The highest BCUT2D eigenvalue weighted by molar-refractivity contribution is 4.79. The van der Waals surface area contributed by atoms with Gasteiger partial charge in [-0.15, -0.1) is 0 Å². The Bertz CT molecular complexity index is 220. The van der Waals surface area contributed by atoms with Crippen LogP contribution in [0.15, 0.2) is 0 Å². The molecule has 4 nitrogen and oxygen atoms in total. The van der Waals surface area contributed by atoms with Crippen LogP contribution in [0.2, 0.25) is 0 Å². The number of rotatable bonds is 5. The minimum atomic E-state index is 0.294. The van der Waals surface area contributed by atoms with Gasteiger partial charge in [0.1, 0.15) is 0 Å². The monoisotopic (exact) mass is 256 g/mol. The maximum atomic E-state index is 9.33. The van der Waals surface area contributed by atoms with Gasteiger partial charge in [-0.05, 0) is 25.7 Å². The van der Waals surface area contributed by atoms with Gasteiger partial charge >= 0.3 is 0 Å². The van der Waals surface area contributed by atoms with Crippen LogP contribution in [0.25, 0.3) is 0 Å². The minimum absolute atomic E-state index is 0.294. The van der Waals surface area contributed by atoms with E-state index in [4.69, 9.17) is 4.74 Å². The van der Waals surface area contributed by atoms with E-state index in [9.17, 15) is 5.11 Å². The molecule has 0 aliphatic carbocycles. The third-order valence-electron chi connectivity index (χ3n) is 4.34. The van der Waals surface area contributed by atoms with E-state index in [1.807, 2.05) is 0 Å². The molecule has 0 aromatic carbocycles. The summed E-state index contributed by atoms with van der Waals surface area (Å²) in [6.45, 7) is 8.92. The Kier molecular flexibility index (Phi) is 5.89. The highest BCUT2D eigenvalue weighted by atomic mass is 16.5. The SMILES string of the molecule is CCC(CO)N1CCN(CC2CCCCO2)CC1. The second-order valence-electron chi connectivity index (χ2n) is 5.57. The molecule has 0 aromatic rings. The Morgan fingerprint density at radius 3 is 2.56 bits per heavy atom. The molecule has 2 heterocycles. The Hall–Kier alpha value is -0.160. The fourth-order valence-corrected chi connectivity index (χ4v) is 3.05. The van der Waals surface area contributed by atoms with Gasteiger partial charge in [0.2, 0.25) is 0 Å². The van der Waals surface area contributed by atoms with Crippen LogP contribution in [0.3, 0.4) is 0 Å². The maximum absolute atomic E-state index is 9.33. The van der Waals surface area contributed by atoms with Crippen molar-refractivity contribution in [1.29, 1.82) is 0 Å². The average molecular weight is 256 g/mol. The van der Waals surface area contributed by atoms with Crippen molar-refractivity contribution in [3.05, 3.63) is 0 Å². The zero-order valence-electron chi connectivity index (χ0n) is 11.7. The Balaban J connectivity index is 1.69. The van der Waals surface area contributed by atoms with Gasteiger partial charge in [0, 0.05) is 45.4 Å². The van der Waals surface area contributed by atoms with Crippen LogP contribution in [0.1, 0.15) is 32.6 Å². The number of ether oxygens (including phenoxy) is 1. The quantitative estimate of drug-likeness (QED) is 0.794. The predicted molar refractivity (Wildman–Crippen MR) is 72.8 cm³/mol. The lowest BCUT2D eigenvalue weighted by Crippen LogP contribution is -2.52. The first-order chi connectivity index (χ1) is 8.83. The summed E-state index contributed by atoms with van der Waals surface area (Å²) in [5, 5.41) is 9.33. The van der Waals surface area contributed by atoms with Crippen LogP contribution < -0.4 is 0 Å². The molecule has 2 rings (SSSR count). The smallest absolute Gasteiger partial charge is 0.0702 e. The number of aliphatic hydroxyl groups excluding tert-OH is 1. The predicted octanol–water partition coefficient (Wildman–Crippen LogP) is 0.944. The first-order valence-electron chi connectivity index (χ1n) is 7.52. The molecule has 2 aliphatic rings. The van der Waals surface area contributed by atoms with Crippen LogP contribution in [0.5, 0.6) is 0 Å². The molecular weight excluding hydrogens is 228 g/mol. The summed E-state index contributed by atoms with van der Waals surface area (Å²) < 4.78 is 5.80. The molecule has 18 heavy (non-hydrogen) atoms. The minimum Gasteiger partial charge on any atom is -0.395 e. The average Bonchev–Trinajstić information content (AvgIpc) is 2.43. The molecule has 1 N–H and O–H groups in total. The molecule has 4 heteroatoms. The van der Waals surface area contributed by atoms with Crippen LogP contribution in [-0.2, 0) is 4.74 Å². The van der Waals surface area contributed by atoms with E-state index in [1.54, 1.807) is 0 Å². The summed E-state index contributed by atoms with van der Waals surface area (Å²) >= 11 is 0. The second kappa shape index (κ2) is 7.43. The molecule has 0 saturated carbocycles. The van der Waals surface area contributed by atoms with Crippen molar-refractivity contribution >= 4 is 0 Å². The molecule has 2 fully saturated rings. The van der Waals surface area contributed by atoms with Crippen LogP contribution in [0.4, 0.5) is 0 Å². The van der Waals surface area contributed by atoms with Crippen LogP contribution in [0, 0.1) is 0 Å². The van der Waals surface area contributed by atoms with E-state index in [-0.39, 0.29) is 0 Å². The van der Waals surface area contributed by atoms with E-state index < -0.39 is 0 Å². The van der Waals surface area contributed by atoms with E-state index in [0.29, 0.717) is 18.8 Å². The zero-order valence-corrected chi connectivity index (χ0v) is 11.7. The second-order valence-corrected chi connectivity index (χ2v) is 5.57. The molecule has 2 atom stereocenters. The summed E-state index contributed by atoms with van der Waals surface area (Å²) in [5.41, 5.74) is 0. The highest BCUT2D eigenvalue weighted by Gasteiger charge is 2.24. The lowest BCUT2D eigenvalue weighted by molar-refractivity contribution is -0.0194. The fourth-order valence-electron chi connectivity index (χ4n) is 3.05. The van der Waals surface area contributed by atoms with Gasteiger partial charge in [-0.25, -0.2) is 0 Å². The molecule has 2 unspecified atom stereocenters. The van der Waals surface area contributed by atoms with Gasteiger partial charge in [0.15, 0.2) is 0 Å². The van der Waals surface area contributed by atoms with Crippen molar-refractivity contribution in [1.82, 2.24) is 9.80 Å². The molecule has 0 amide bonds. The first kappa shape index (κ1) is 14.3. The standard InChI is InChI=1S/C14H28N2O2/c1-2-13(12-17)16-8-6-15(7-9-16)11-14-5-3-4-10-18-14/h13-14,17H,2-12H2,1H3. The van der Waals surface area contributed by atoms with Gasteiger partial charge in [-0.3, -0.25) is 9.80 Å². The van der Waals surface area contributed by atoms with Crippen molar-refractivity contribution in [2.45, 2.75) is 44.8 Å². The highest BCUT2D eigenvalue weighted by Crippen LogP contribution is 2.15. The van der Waals surface area contributed by atoms with Crippen molar-refractivity contribution in [3.8, 4) is 0 Å². The van der Waals surface area contributed by atoms with Crippen molar-refractivity contribution in [2.24, 2.45) is 0 Å². The molecule has 0 spiro atoms. The largest absolute Gasteiger partial charge is 0.395 e. The molecule has 0 bridgehead atoms. The van der Waals surface area contributed by atoms with Gasteiger partial charge in [0.05, 0.1) is 12.7 Å². The number of aliphatic hydroxyl groups is 1. The van der Waals surface area contributed by atoms with Crippen molar-refractivity contribution in [2.75, 3.05) is 45.9 Å². The summed E-state index contributed by atoms with van der Waals surface area (Å²) in [4.78, 5) is 4.95. The van der Waals surface area contributed by atoms with Gasteiger partial charge < -0.3 is 9.84 Å². The summed E-state index contributed by atoms with van der Waals surface area (Å²) in [6.07, 6.45) is 5.30. The van der Waals surface area contributed by atoms with E-state index in [1.165, 1.54) is 19.3 Å². The summed E-state index contributed by atoms with van der Waals surface area (Å²) in [5.74, 6) is 0. The number of piperazine rings is 1. The van der Waals surface area contributed by atoms with Crippen molar-refractivity contribution in [3.63, 3.8) is 0 Å². The number of hydrogen-bond acceptors (Lipinski definition) is 4. The third-order valence-corrected chi connectivity index (χ3v) is 4.34. The molecule has 106 valence electrons. The molecule has 0 aromatic heterocycles. The first-order valence-corrected chi connectivity index (χ1v) is 7.52. The van der Waals surface area contributed by atoms with Gasteiger partial charge in [-0.1, -0.05) is 6.92 Å². The Morgan fingerprint density at radius 2 is 2.00 bits per heavy atom. The lowest BCUT2D eigenvalue weighted by atomic mass is 10.1. The third kappa shape index (κ3) is 3.92. The number of hydrogen-bond donors (Lipinski definition) is 1. The summed E-state index contributed by atoms with van der Waals surface area (Å²) in [7, 11) is 0. The Morgan fingerprint density at radius 1 is 1.22 bits per heavy atom. The van der Waals surface area contributed by atoms with Gasteiger partial charge in [0.25, 0.3) is 0 Å².